The first-order chi connectivity index (χ1) is 9.43. The third-order valence-electron chi connectivity index (χ3n) is 4.52. The van der Waals surface area contributed by atoms with Crippen LogP contribution in [0.4, 0.5) is 0 Å². The summed E-state index contributed by atoms with van der Waals surface area (Å²) in [6.07, 6.45) is 3.20. The van der Waals surface area contributed by atoms with Crippen molar-refractivity contribution in [3.8, 4) is 0 Å². The predicted molar refractivity (Wildman–Crippen MR) is 76.1 cm³/mol. The highest BCUT2D eigenvalue weighted by Gasteiger charge is 2.42. The van der Waals surface area contributed by atoms with Crippen molar-refractivity contribution in [2.24, 2.45) is 5.92 Å². The highest BCUT2D eigenvalue weighted by molar-refractivity contribution is 5.96. The minimum atomic E-state index is -0.429. The molecule has 2 rings (SSSR count). The van der Waals surface area contributed by atoms with E-state index in [9.17, 15) is 9.59 Å². The Bertz CT molecular complexity index is 385. The molecule has 1 N–H and O–H groups in total. The SMILES string of the molecule is CCC(C)C1C(=O)NC(C)C(=O)N1CC1CCC(C)O1. The Kier molecular flexibility index (Phi) is 4.68. The van der Waals surface area contributed by atoms with Crippen molar-refractivity contribution in [1.82, 2.24) is 10.2 Å². The first-order valence-corrected chi connectivity index (χ1v) is 7.70. The third kappa shape index (κ3) is 2.97. The van der Waals surface area contributed by atoms with Crippen LogP contribution in [0.15, 0.2) is 0 Å². The summed E-state index contributed by atoms with van der Waals surface area (Å²) in [5.41, 5.74) is 0. The lowest BCUT2D eigenvalue weighted by Gasteiger charge is -2.41. The van der Waals surface area contributed by atoms with Crippen LogP contribution in [0.1, 0.15) is 47.0 Å². The quantitative estimate of drug-likeness (QED) is 0.846. The van der Waals surface area contributed by atoms with Gasteiger partial charge in [0.15, 0.2) is 0 Å². The Morgan fingerprint density at radius 1 is 1.35 bits per heavy atom. The van der Waals surface area contributed by atoms with Crippen molar-refractivity contribution in [3.63, 3.8) is 0 Å². The van der Waals surface area contributed by atoms with Gasteiger partial charge in [0.1, 0.15) is 12.1 Å². The molecule has 0 aromatic rings. The van der Waals surface area contributed by atoms with Crippen molar-refractivity contribution in [2.45, 2.75) is 71.2 Å². The Morgan fingerprint density at radius 3 is 2.60 bits per heavy atom. The van der Waals surface area contributed by atoms with E-state index in [1.54, 1.807) is 11.8 Å². The van der Waals surface area contributed by atoms with Crippen LogP contribution in [0.5, 0.6) is 0 Å². The van der Waals surface area contributed by atoms with E-state index in [4.69, 9.17) is 4.74 Å². The van der Waals surface area contributed by atoms with E-state index in [0.29, 0.717) is 6.54 Å². The van der Waals surface area contributed by atoms with E-state index in [1.165, 1.54) is 0 Å². The molecule has 0 spiro atoms. The summed E-state index contributed by atoms with van der Waals surface area (Å²) in [4.78, 5) is 26.4. The number of nitrogens with zero attached hydrogens (tertiary/aromatic N) is 1. The fraction of sp³-hybridized carbons (Fsp3) is 0.867. The fourth-order valence-electron chi connectivity index (χ4n) is 3.12. The Balaban J connectivity index is 2.14. The molecule has 2 aliphatic rings. The van der Waals surface area contributed by atoms with Gasteiger partial charge < -0.3 is 15.0 Å². The highest BCUT2D eigenvalue weighted by atomic mass is 16.5. The summed E-state index contributed by atoms with van der Waals surface area (Å²) in [5.74, 6) is 0.140. The van der Waals surface area contributed by atoms with Gasteiger partial charge >= 0.3 is 0 Å². The molecule has 2 fully saturated rings. The minimum absolute atomic E-state index is 0.0121. The summed E-state index contributed by atoms with van der Waals surface area (Å²) in [7, 11) is 0. The van der Waals surface area contributed by atoms with Gasteiger partial charge in [-0.25, -0.2) is 0 Å². The average Bonchev–Trinajstić information content (AvgIpc) is 2.80. The first-order valence-electron chi connectivity index (χ1n) is 7.70. The molecular weight excluding hydrogens is 256 g/mol. The Labute approximate surface area is 121 Å². The van der Waals surface area contributed by atoms with Gasteiger partial charge in [0, 0.05) is 6.54 Å². The molecule has 5 nitrogen and oxygen atoms in total. The summed E-state index contributed by atoms with van der Waals surface area (Å²) >= 11 is 0. The number of amides is 2. The number of rotatable bonds is 4. The van der Waals surface area contributed by atoms with Crippen molar-refractivity contribution in [1.29, 1.82) is 0 Å². The molecule has 2 heterocycles. The molecule has 0 aliphatic carbocycles. The zero-order chi connectivity index (χ0) is 14.9. The summed E-state index contributed by atoms with van der Waals surface area (Å²) in [6, 6.07) is -0.787. The molecule has 5 heteroatoms. The van der Waals surface area contributed by atoms with E-state index >= 15 is 0 Å². The summed E-state index contributed by atoms with van der Waals surface area (Å²) < 4.78 is 5.82. The van der Waals surface area contributed by atoms with Gasteiger partial charge in [-0.05, 0) is 32.6 Å². The maximum Gasteiger partial charge on any atom is 0.245 e. The van der Waals surface area contributed by atoms with Gasteiger partial charge in [-0.2, -0.15) is 0 Å². The lowest BCUT2D eigenvalue weighted by atomic mass is 9.93. The zero-order valence-electron chi connectivity index (χ0n) is 12.9. The summed E-state index contributed by atoms with van der Waals surface area (Å²) in [6.45, 7) is 8.42. The van der Waals surface area contributed by atoms with Gasteiger partial charge in [-0.3, -0.25) is 9.59 Å². The second-order valence-electron chi connectivity index (χ2n) is 6.20. The normalized spacial score (nSPS) is 36.1. The Morgan fingerprint density at radius 2 is 2.05 bits per heavy atom. The van der Waals surface area contributed by atoms with Crippen LogP contribution >= 0.6 is 0 Å². The molecule has 0 aromatic heterocycles. The van der Waals surface area contributed by atoms with Crippen LogP contribution in [0.3, 0.4) is 0 Å². The number of carbonyl (C=O) groups is 2. The lowest BCUT2D eigenvalue weighted by molar-refractivity contribution is -0.153. The molecule has 2 amide bonds. The fourth-order valence-corrected chi connectivity index (χ4v) is 3.12. The first kappa shape index (κ1) is 15.3. The lowest BCUT2D eigenvalue weighted by Crippen LogP contribution is -2.65. The van der Waals surface area contributed by atoms with Crippen LogP contribution < -0.4 is 5.32 Å². The van der Waals surface area contributed by atoms with E-state index in [1.807, 2.05) is 13.8 Å². The standard InChI is InChI=1S/C15H26N2O3/c1-5-9(2)13-14(18)16-11(4)15(19)17(13)8-12-7-6-10(3)20-12/h9-13H,5-8H2,1-4H3,(H,16,18). The molecule has 114 valence electrons. The summed E-state index contributed by atoms with van der Waals surface area (Å²) in [5, 5.41) is 2.79. The minimum Gasteiger partial charge on any atom is -0.373 e. The predicted octanol–water partition coefficient (Wildman–Crippen LogP) is 1.32. The van der Waals surface area contributed by atoms with Crippen molar-refractivity contribution < 1.29 is 14.3 Å². The zero-order valence-corrected chi connectivity index (χ0v) is 12.9. The maximum atomic E-state index is 12.4. The van der Waals surface area contributed by atoms with Gasteiger partial charge in [0.2, 0.25) is 11.8 Å². The number of nitrogens with one attached hydrogen (secondary N) is 1. The van der Waals surface area contributed by atoms with Crippen molar-refractivity contribution >= 4 is 11.8 Å². The largest absolute Gasteiger partial charge is 0.373 e. The monoisotopic (exact) mass is 282 g/mol. The van der Waals surface area contributed by atoms with E-state index in [-0.39, 0.29) is 36.0 Å². The molecule has 5 atom stereocenters. The van der Waals surface area contributed by atoms with E-state index in [0.717, 1.165) is 19.3 Å². The molecule has 0 aromatic carbocycles. The van der Waals surface area contributed by atoms with Gasteiger partial charge in [-0.15, -0.1) is 0 Å². The Hall–Kier alpha value is -1.10. The number of hydrogen-bond donors (Lipinski definition) is 1. The highest BCUT2D eigenvalue weighted by Crippen LogP contribution is 2.25. The van der Waals surface area contributed by atoms with Crippen LogP contribution in [0.2, 0.25) is 0 Å². The topological polar surface area (TPSA) is 58.6 Å². The molecule has 0 bridgehead atoms. The molecular formula is C15H26N2O3. The molecule has 0 saturated carbocycles. The van der Waals surface area contributed by atoms with Gasteiger partial charge in [-0.1, -0.05) is 20.3 Å². The number of ether oxygens (including phenoxy) is 1. The van der Waals surface area contributed by atoms with E-state index in [2.05, 4.69) is 12.2 Å². The second kappa shape index (κ2) is 6.12. The van der Waals surface area contributed by atoms with Crippen LogP contribution in [0.25, 0.3) is 0 Å². The molecule has 20 heavy (non-hydrogen) atoms. The average molecular weight is 282 g/mol. The molecule has 2 saturated heterocycles. The van der Waals surface area contributed by atoms with Gasteiger partial charge in [0.25, 0.3) is 0 Å². The smallest absolute Gasteiger partial charge is 0.245 e. The third-order valence-corrected chi connectivity index (χ3v) is 4.52. The number of carbonyl (C=O) groups excluding carboxylic acids is 2. The van der Waals surface area contributed by atoms with Crippen LogP contribution in [-0.2, 0) is 14.3 Å². The molecule has 2 aliphatic heterocycles. The van der Waals surface area contributed by atoms with Crippen LogP contribution in [0, 0.1) is 5.92 Å². The number of piperazine rings is 1. The van der Waals surface area contributed by atoms with Crippen molar-refractivity contribution in [3.05, 3.63) is 0 Å². The maximum absolute atomic E-state index is 12.4. The second-order valence-corrected chi connectivity index (χ2v) is 6.20. The van der Waals surface area contributed by atoms with Gasteiger partial charge in [0.05, 0.1) is 12.2 Å². The molecule has 5 unspecified atom stereocenters. The molecule has 0 radical (unpaired) electrons. The van der Waals surface area contributed by atoms with Crippen molar-refractivity contribution in [2.75, 3.05) is 6.54 Å². The van der Waals surface area contributed by atoms with E-state index < -0.39 is 6.04 Å². The number of hydrogen-bond acceptors (Lipinski definition) is 3. The van der Waals surface area contributed by atoms with Crippen LogP contribution in [-0.4, -0.2) is 47.6 Å².